The molecule has 126 valence electrons. The van der Waals surface area contributed by atoms with Crippen LogP contribution < -0.4 is 5.56 Å². The molecule has 0 bridgehead atoms. The average Bonchev–Trinajstić information content (AvgIpc) is 3.10. The molecule has 2 aromatic heterocycles. The van der Waals surface area contributed by atoms with E-state index in [2.05, 4.69) is 28.3 Å². The van der Waals surface area contributed by atoms with Gasteiger partial charge in [0.15, 0.2) is 0 Å². The molecule has 6 heteroatoms. The molecule has 3 rings (SSSR count). The van der Waals surface area contributed by atoms with Crippen LogP contribution in [0.25, 0.3) is 0 Å². The van der Waals surface area contributed by atoms with Gasteiger partial charge < -0.3 is 0 Å². The molecule has 0 aromatic carbocycles. The molecule has 1 aliphatic heterocycles. The highest BCUT2D eigenvalue weighted by Gasteiger charge is 2.23. The van der Waals surface area contributed by atoms with E-state index in [4.69, 9.17) is 0 Å². The third-order valence-electron chi connectivity index (χ3n) is 4.29. The molecule has 3 heterocycles. The van der Waals surface area contributed by atoms with Gasteiger partial charge in [-0.2, -0.15) is 5.10 Å². The van der Waals surface area contributed by atoms with Crippen LogP contribution >= 0.6 is 0 Å². The fourth-order valence-electron chi connectivity index (χ4n) is 3.08. The second kappa shape index (κ2) is 6.88. The first-order valence-electron chi connectivity index (χ1n) is 8.06. The molecule has 0 spiro atoms. The number of nitrogens with one attached hydrogen (secondary N) is 1. The summed E-state index contributed by atoms with van der Waals surface area (Å²) in [6.45, 7) is 10.4. The predicted octanol–water partition coefficient (Wildman–Crippen LogP) is 1.77. The van der Waals surface area contributed by atoms with Crippen molar-refractivity contribution in [1.29, 1.82) is 0 Å². The van der Waals surface area contributed by atoms with Gasteiger partial charge in [-0.3, -0.25) is 19.5 Å². The highest BCUT2D eigenvalue weighted by atomic mass is 16.1. The van der Waals surface area contributed by atoms with Gasteiger partial charge >= 0.3 is 0 Å². The molecular weight excluding hydrogens is 302 g/mol. The fraction of sp³-hybridized carbons (Fsp3) is 0.333. The first-order chi connectivity index (χ1) is 11.6. The molecule has 0 aliphatic carbocycles. The minimum Gasteiger partial charge on any atom is -0.298 e. The maximum atomic E-state index is 12.5. The molecule has 1 N–H and O–H groups in total. The summed E-state index contributed by atoms with van der Waals surface area (Å²) in [6, 6.07) is 2.03. The Morgan fingerprint density at radius 1 is 1.46 bits per heavy atom. The standard InChI is InChI=1S/C18H23N5O/c1-4-6-14(5-2)11-23-18(24)16-8-10-22(13-17(16)20-23)12-15-7-9-21(3)19-15/h4-7,9,20H,1-2,8,10-13H2,3H3/b14-6+. The zero-order valence-electron chi connectivity index (χ0n) is 14.0. The summed E-state index contributed by atoms with van der Waals surface area (Å²) < 4.78 is 3.47. The molecule has 0 saturated heterocycles. The van der Waals surface area contributed by atoms with Crippen molar-refractivity contribution in [1.82, 2.24) is 24.5 Å². The van der Waals surface area contributed by atoms with Gasteiger partial charge in [0, 0.05) is 38.4 Å². The Morgan fingerprint density at radius 2 is 2.29 bits per heavy atom. The Kier molecular flexibility index (Phi) is 4.66. The number of fused-ring (bicyclic) bond motifs is 1. The van der Waals surface area contributed by atoms with E-state index < -0.39 is 0 Å². The van der Waals surface area contributed by atoms with Crippen molar-refractivity contribution < 1.29 is 0 Å². The summed E-state index contributed by atoms with van der Waals surface area (Å²) in [5.41, 5.74) is 3.97. The largest absolute Gasteiger partial charge is 0.298 e. The van der Waals surface area contributed by atoms with E-state index in [1.54, 1.807) is 16.8 Å². The van der Waals surface area contributed by atoms with Gasteiger partial charge in [-0.1, -0.05) is 31.4 Å². The molecule has 2 aromatic rings. The topological polar surface area (TPSA) is 58.9 Å². The van der Waals surface area contributed by atoms with Gasteiger partial charge in [-0.05, 0) is 18.1 Å². The number of hydrogen-bond donors (Lipinski definition) is 1. The number of aryl methyl sites for hydroxylation is 1. The molecule has 0 fully saturated rings. The van der Waals surface area contributed by atoms with E-state index in [0.717, 1.165) is 48.6 Å². The zero-order chi connectivity index (χ0) is 17.1. The van der Waals surface area contributed by atoms with Crippen LogP contribution in [0.4, 0.5) is 0 Å². The van der Waals surface area contributed by atoms with Gasteiger partial charge in [0.25, 0.3) is 5.56 Å². The summed E-state index contributed by atoms with van der Waals surface area (Å²) in [6.07, 6.45) is 8.04. The molecule has 0 unspecified atom stereocenters. The number of aromatic nitrogens is 4. The second-order valence-electron chi connectivity index (χ2n) is 6.08. The van der Waals surface area contributed by atoms with Gasteiger partial charge in [0.2, 0.25) is 0 Å². The minimum absolute atomic E-state index is 0.0688. The average molecular weight is 325 g/mol. The van der Waals surface area contributed by atoms with E-state index in [9.17, 15) is 4.79 Å². The van der Waals surface area contributed by atoms with Crippen molar-refractivity contribution >= 4 is 0 Å². The molecule has 0 saturated carbocycles. The van der Waals surface area contributed by atoms with E-state index >= 15 is 0 Å². The maximum Gasteiger partial charge on any atom is 0.270 e. The second-order valence-corrected chi connectivity index (χ2v) is 6.08. The lowest BCUT2D eigenvalue weighted by atomic mass is 10.1. The van der Waals surface area contributed by atoms with Crippen LogP contribution in [0.3, 0.4) is 0 Å². The molecule has 24 heavy (non-hydrogen) atoms. The van der Waals surface area contributed by atoms with Crippen molar-refractivity contribution in [2.75, 3.05) is 6.54 Å². The van der Waals surface area contributed by atoms with Crippen LogP contribution in [0, 0.1) is 0 Å². The first-order valence-corrected chi connectivity index (χ1v) is 8.06. The number of aromatic amines is 1. The molecular formula is C18H23N5O. The van der Waals surface area contributed by atoms with E-state index in [1.165, 1.54) is 0 Å². The summed E-state index contributed by atoms with van der Waals surface area (Å²) in [7, 11) is 1.92. The molecule has 6 nitrogen and oxygen atoms in total. The van der Waals surface area contributed by atoms with Crippen molar-refractivity contribution in [2.45, 2.75) is 26.1 Å². The van der Waals surface area contributed by atoms with E-state index in [0.29, 0.717) is 6.54 Å². The third-order valence-corrected chi connectivity index (χ3v) is 4.29. The van der Waals surface area contributed by atoms with Crippen molar-refractivity contribution in [3.05, 3.63) is 76.5 Å². The van der Waals surface area contributed by atoms with Gasteiger partial charge in [-0.15, -0.1) is 0 Å². The van der Waals surface area contributed by atoms with Gasteiger partial charge in [-0.25, -0.2) is 4.68 Å². The van der Waals surface area contributed by atoms with Crippen molar-refractivity contribution in [2.24, 2.45) is 7.05 Å². The number of allylic oxidation sites excluding steroid dienone is 4. The summed E-state index contributed by atoms with van der Waals surface area (Å²) in [4.78, 5) is 14.9. The molecule has 0 amide bonds. The lowest BCUT2D eigenvalue weighted by molar-refractivity contribution is 0.238. The van der Waals surface area contributed by atoms with Crippen LogP contribution in [-0.4, -0.2) is 31.0 Å². The molecule has 1 aliphatic rings. The van der Waals surface area contributed by atoms with Crippen molar-refractivity contribution in [3.63, 3.8) is 0 Å². The van der Waals surface area contributed by atoms with Crippen LogP contribution in [-0.2, 0) is 33.1 Å². The number of hydrogen-bond acceptors (Lipinski definition) is 3. The van der Waals surface area contributed by atoms with E-state index in [1.807, 2.05) is 30.1 Å². The quantitative estimate of drug-likeness (QED) is 0.824. The zero-order valence-corrected chi connectivity index (χ0v) is 14.0. The predicted molar refractivity (Wildman–Crippen MR) is 94.6 cm³/mol. The maximum absolute atomic E-state index is 12.5. The summed E-state index contributed by atoms with van der Waals surface area (Å²) >= 11 is 0. The van der Waals surface area contributed by atoms with Crippen LogP contribution in [0.1, 0.15) is 17.0 Å². The van der Waals surface area contributed by atoms with Crippen LogP contribution in [0.5, 0.6) is 0 Å². The number of nitrogens with zero attached hydrogens (tertiary/aromatic N) is 4. The highest BCUT2D eigenvalue weighted by Crippen LogP contribution is 2.16. The Hall–Kier alpha value is -2.60. The smallest absolute Gasteiger partial charge is 0.270 e. The normalized spacial score (nSPS) is 15.3. The lowest BCUT2D eigenvalue weighted by Crippen LogP contribution is -2.32. The fourth-order valence-corrected chi connectivity index (χ4v) is 3.08. The third kappa shape index (κ3) is 3.33. The van der Waals surface area contributed by atoms with Crippen LogP contribution in [0.2, 0.25) is 0 Å². The lowest BCUT2D eigenvalue weighted by Gasteiger charge is -2.24. The van der Waals surface area contributed by atoms with Crippen LogP contribution in [0.15, 0.2) is 54.0 Å². The monoisotopic (exact) mass is 325 g/mol. The summed E-state index contributed by atoms with van der Waals surface area (Å²) in [5, 5.41) is 7.68. The molecule has 0 atom stereocenters. The van der Waals surface area contributed by atoms with Gasteiger partial charge in [0.05, 0.1) is 17.9 Å². The van der Waals surface area contributed by atoms with Gasteiger partial charge in [0.1, 0.15) is 0 Å². The first kappa shape index (κ1) is 16.3. The highest BCUT2D eigenvalue weighted by molar-refractivity contribution is 5.24. The Balaban J connectivity index is 1.76. The molecule has 0 radical (unpaired) electrons. The minimum atomic E-state index is 0.0688. The SMILES string of the molecule is C=C/C=C(\C=C)Cn1[nH]c2c(c1=O)CCN(Cc1ccn(C)n1)C2. The van der Waals surface area contributed by atoms with E-state index in [-0.39, 0.29) is 5.56 Å². The number of H-pyrrole nitrogens is 1. The Bertz CT molecular complexity index is 836. The summed E-state index contributed by atoms with van der Waals surface area (Å²) in [5.74, 6) is 0. The Labute approximate surface area is 141 Å². The van der Waals surface area contributed by atoms with Crippen molar-refractivity contribution in [3.8, 4) is 0 Å². The number of rotatable bonds is 6. The Morgan fingerprint density at radius 3 is 2.96 bits per heavy atom.